The Morgan fingerprint density at radius 1 is 1.53 bits per heavy atom. The molecule has 4 heteroatoms. The summed E-state index contributed by atoms with van der Waals surface area (Å²) < 4.78 is 0. The van der Waals surface area contributed by atoms with Gasteiger partial charge in [-0.15, -0.1) is 0 Å². The Morgan fingerprint density at radius 2 is 2.40 bits per heavy atom. The van der Waals surface area contributed by atoms with Crippen molar-refractivity contribution in [1.29, 1.82) is 0 Å². The summed E-state index contributed by atoms with van der Waals surface area (Å²) in [6.45, 7) is 5.40. The molecule has 2 saturated heterocycles. The third kappa shape index (κ3) is 2.01. The second kappa shape index (κ2) is 4.49. The van der Waals surface area contributed by atoms with Crippen LogP contribution in [0.3, 0.4) is 0 Å². The minimum absolute atomic E-state index is 0.190. The quantitative estimate of drug-likeness (QED) is 0.740. The average Bonchev–Trinajstić information content (AvgIpc) is 2.82. The lowest BCUT2D eigenvalue weighted by Crippen LogP contribution is -2.50. The van der Waals surface area contributed by atoms with Crippen molar-refractivity contribution >= 4 is 5.91 Å². The van der Waals surface area contributed by atoms with E-state index in [0.717, 1.165) is 45.3 Å². The van der Waals surface area contributed by atoms with Gasteiger partial charge in [0.2, 0.25) is 0 Å². The molecule has 0 aliphatic carbocycles. The largest absolute Gasteiger partial charge is 0.316 e. The number of carbonyl (C=O) groups excluding carboxylic acids is 1. The molecule has 15 heavy (non-hydrogen) atoms. The summed E-state index contributed by atoms with van der Waals surface area (Å²) >= 11 is 0. The number of hydrogen-bond donors (Lipinski definition) is 1. The van der Waals surface area contributed by atoms with Crippen molar-refractivity contribution in [3.63, 3.8) is 0 Å². The number of hydrogen-bond acceptors (Lipinski definition) is 3. The van der Waals surface area contributed by atoms with Gasteiger partial charge >= 0.3 is 0 Å². The zero-order valence-corrected chi connectivity index (χ0v) is 9.42. The highest BCUT2D eigenvalue weighted by molar-refractivity contribution is 5.82. The van der Waals surface area contributed by atoms with E-state index in [-0.39, 0.29) is 11.3 Å². The molecular formula is C11H20N2O2. The van der Waals surface area contributed by atoms with Gasteiger partial charge in [0.1, 0.15) is 0 Å². The van der Waals surface area contributed by atoms with Crippen LogP contribution in [0.1, 0.15) is 32.6 Å². The van der Waals surface area contributed by atoms with Crippen LogP contribution in [0.15, 0.2) is 0 Å². The third-order valence-corrected chi connectivity index (χ3v) is 3.58. The van der Waals surface area contributed by atoms with Crippen LogP contribution in [0.4, 0.5) is 0 Å². The van der Waals surface area contributed by atoms with Crippen LogP contribution in [-0.2, 0) is 9.63 Å². The number of nitrogens with one attached hydrogen (secondary N) is 1. The molecule has 0 aromatic heterocycles. The fourth-order valence-corrected chi connectivity index (χ4v) is 2.48. The molecule has 4 nitrogen and oxygen atoms in total. The lowest BCUT2D eigenvalue weighted by molar-refractivity contribution is -0.181. The third-order valence-electron chi connectivity index (χ3n) is 3.58. The van der Waals surface area contributed by atoms with Gasteiger partial charge in [0, 0.05) is 6.54 Å². The molecule has 0 saturated carbocycles. The molecule has 1 amide bonds. The smallest absolute Gasteiger partial charge is 0.253 e. The van der Waals surface area contributed by atoms with E-state index in [1.54, 1.807) is 5.06 Å². The first kappa shape index (κ1) is 10.9. The summed E-state index contributed by atoms with van der Waals surface area (Å²) in [7, 11) is 0. The summed E-state index contributed by atoms with van der Waals surface area (Å²) in [5.74, 6) is 0.190. The zero-order chi connectivity index (χ0) is 10.7. The molecule has 2 rings (SSSR count). The van der Waals surface area contributed by atoms with Crippen LogP contribution in [0.5, 0.6) is 0 Å². The van der Waals surface area contributed by atoms with Crippen molar-refractivity contribution in [2.24, 2.45) is 5.41 Å². The van der Waals surface area contributed by atoms with E-state index in [1.807, 2.05) is 0 Å². The van der Waals surface area contributed by atoms with E-state index in [9.17, 15) is 4.79 Å². The molecule has 2 aliphatic heterocycles. The molecule has 1 atom stereocenters. The van der Waals surface area contributed by atoms with Gasteiger partial charge in [-0.3, -0.25) is 9.63 Å². The standard InChI is InChI=1S/C11H20N2O2/c1-2-11(5-3-6-12-9-11)10(14)13-7-4-8-15-13/h12H,2-9H2,1H3. The number of piperidine rings is 1. The molecule has 0 radical (unpaired) electrons. The lowest BCUT2D eigenvalue weighted by Gasteiger charge is -2.37. The van der Waals surface area contributed by atoms with E-state index in [2.05, 4.69) is 12.2 Å². The second-order valence-electron chi connectivity index (χ2n) is 4.51. The van der Waals surface area contributed by atoms with Crippen LogP contribution in [0.25, 0.3) is 0 Å². The van der Waals surface area contributed by atoms with Gasteiger partial charge in [-0.1, -0.05) is 6.92 Å². The maximum Gasteiger partial charge on any atom is 0.253 e. The summed E-state index contributed by atoms with van der Waals surface area (Å²) in [5, 5.41) is 4.91. The molecule has 0 bridgehead atoms. The Balaban J connectivity index is 2.06. The van der Waals surface area contributed by atoms with Crippen LogP contribution in [0, 0.1) is 5.41 Å². The number of carbonyl (C=O) groups is 1. The van der Waals surface area contributed by atoms with Crippen LogP contribution in [-0.4, -0.2) is 37.2 Å². The topological polar surface area (TPSA) is 41.6 Å². The van der Waals surface area contributed by atoms with E-state index < -0.39 is 0 Å². The molecule has 0 spiro atoms. The summed E-state index contributed by atoms with van der Waals surface area (Å²) in [5.41, 5.74) is -0.206. The highest BCUT2D eigenvalue weighted by Gasteiger charge is 2.41. The minimum atomic E-state index is -0.206. The average molecular weight is 212 g/mol. The van der Waals surface area contributed by atoms with Gasteiger partial charge in [-0.2, -0.15) is 0 Å². The molecule has 2 aliphatic rings. The fourth-order valence-electron chi connectivity index (χ4n) is 2.48. The number of hydroxylamine groups is 2. The van der Waals surface area contributed by atoms with E-state index >= 15 is 0 Å². The summed E-state index contributed by atoms with van der Waals surface area (Å²) in [6.07, 6.45) is 3.96. The number of amides is 1. The highest BCUT2D eigenvalue weighted by Crippen LogP contribution is 2.33. The first-order valence-corrected chi connectivity index (χ1v) is 5.94. The molecular weight excluding hydrogens is 192 g/mol. The van der Waals surface area contributed by atoms with Crippen molar-refractivity contribution in [2.45, 2.75) is 32.6 Å². The summed E-state index contributed by atoms with van der Waals surface area (Å²) in [6, 6.07) is 0. The molecule has 2 heterocycles. The monoisotopic (exact) mass is 212 g/mol. The molecule has 86 valence electrons. The van der Waals surface area contributed by atoms with Crippen LogP contribution >= 0.6 is 0 Å². The predicted octanol–water partition coefficient (Wildman–Crippen LogP) is 0.930. The Bertz CT molecular complexity index is 231. The Kier molecular flexibility index (Phi) is 3.26. The Labute approximate surface area is 90.9 Å². The van der Waals surface area contributed by atoms with Gasteiger partial charge in [0.05, 0.1) is 18.6 Å². The minimum Gasteiger partial charge on any atom is -0.316 e. The fraction of sp³-hybridized carbons (Fsp3) is 0.909. The normalized spacial score (nSPS) is 31.9. The van der Waals surface area contributed by atoms with E-state index in [1.165, 1.54) is 0 Å². The van der Waals surface area contributed by atoms with Gasteiger partial charge in [-0.25, -0.2) is 5.06 Å². The van der Waals surface area contributed by atoms with Crippen LogP contribution in [0.2, 0.25) is 0 Å². The van der Waals surface area contributed by atoms with Crippen molar-refractivity contribution in [3.05, 3.63) is 0 Å². The van der Waals surface area contributed by atoms with Gasteiger partial charge < -0.3 is 5.32 Å². The van der Waals surface area contributed by atoms with E-state index in [4.69, 9.17) is 4.84 Å². The molecule has 0 aromatic carbocycles. The van der Waals surface area contributed by atoms with Crippen molar-refractivity contribution in [2.75, 3.05) is 26.2 Å². The molecule has 1 unspecified atom stereocenters. The predicted molar refractivity (Wildman–Crippen MR) is 57.1 cm³/mol. The SMILES string of the molecule is CCC1(C(=O)N2CCCO2)CCCNC1. The number of nitrogens with zero attached hydrogens (tertiary/aromatic N) is 1. The zero-order valence-electron chi connectivity index (χ0n) is 9.42. The first-order valence-electron chi connectivity index (χ1n) is 5.94. The van der Waals surface area contributed by atoms with Crippen molar-refractivity contribution in [1.82, 2.24) is 10.4 Å². The van der Waals surface area contributed by atoms with Crippen molar-refractivity contribution in [3.8, 4) is 0 Å². The maximum absolute atomic E-state index is 12.3. The van der Waals surface area contributed by atoms with Gasteiger partial charge in [0.25, 0.3) is 5.91 Å². The lowest BCUT2D eigenvalue weighted by atomic mass is 9.77. The first-order chi connectivity index (χ1) is 7.28. The molecule has 0 aromatic rings. The summed E-state index contributed by atoms with van der Waals surface area (Å²) in [4.78, 5) is 17.7. The van der Waals surface area contributed by atoms with E-state index in [0.29, 0.717) is 6.61 Å². The van der Waals surface area contributed by atoms with Crippen molar-refractivity contribution < 1.29 is 9.63 Å². The Hall–Kier alpha value is -0.610. The molecule has 1 N–H and O–H groups in total. The second-order valence-corrected chi connectivity index (χ2v) is 4.51. The Morgan fingerprint density at radius 3 is 2.93 bits per heavy atom. The van der Waals surface area contributed by atoms with Gasteiger partial charge in [-0.05, 0) is 32.2 Å². The molecule has 2 fully saturated rings. The maximum atomic E-state index is 12.3. The van der Waals surface area contributed by atoms with Crippen LogP contribution < -0.4 is 5.32 Å². The number of rotatable bonds is 2. The highest BCUT2D eigenvalue weighted by atomic mass is 16.7. The van der Waals surface area contributed by atoms with Gasteiger partial charge in [0.15, 0.2) is 0 Å².